The van der Waals surface area contributed by atoms with Crippen molar-refractivity contribution in [2.75, 3.05) is 5.73 Å². The zero-order valence-electron chi connectivity index (χ0n) is 10.9. The second kappa shape index (κ2) is 5.49. The molecule has 0 saturated heterocycles. The standard InChI is InChI=1S/C15H17N3O/c1-3-5-11(4-2)18-15(19)13-9-17-14-7-6-10(16)8-12(13)14/h2,6-9,11,17H,3,5,16H2,1H3,(H,18,19). The van der Waals surface area contributed by atoms with Crippen LogP contribution in [0.3, 0.4) is 0 Å². The largest absolute Gasteiger partial charge is 0.399 e. The molecule has 2 rings (SSSR count). The quantitative estimate of drug-likeness (QED) is 0.579. The summed E-state index contributed by atoms with van der Waals surface area (Å²) in [6, 6.07) is 5.20. The van der Waals surface area contributed by atoms with Crippen molar-refractivity contribution in [1.29, 1.82) is 0 Å². The third-order valence-electron chi connectivity index (χ3n) is 3.03. The number of hydrogen-bond donors (Lipinski definition) is 3. The van der Waals surface area contributed by atoms with Crippen LogP contribution in [0.15, 0.2) is 24.4 Å². The van der Waals surface area contributed by atoms with Crippen molar-refractivity contribution in [3.05, 3.63) is 30.0 Å². The molecule has 1 amide bonds. The fraction of sp³-hybridized carbons (Fsp3) is 0.267. The molecule has 4 nitrogen and oxygen atoms in total. The van der Waals surface area contributed by atoms with E-state index in [-0.39, 0.29) is 11.9 Å². The molecule has 1 heterocycles. The lowest BCUT2D eigenvalue weighted by molar-refractivity contribution is 0.0946. The summed E-state index contributed by atoms with van der Waals surface area (Å²) < 4.78 is 0. The first-order valence-corrected chi connectivity index (χ1v) is 6.29. The molecule has 0 radical (unpaired) electrons. The number of nitrogen functional groups attached to an aromatic ring is 1. The van der Waals surface area contributed by atoms with Crippen LogP contribution >= 0.6 is 0 Å². The molecule has 0 aliphatic heterocycles. The van der Waals surface area contributed by atoms with E-state index in [0.29, 0.717) is 11.3 Å². The van der Waals surface area contributed by atoms with Gasteiger partial charge >= 0.3 is 0 Å². The Morgan fingerprint density at radius 3 is 3.05 bits per heavy atom. The van der Waals surface area contributed by atoms with Crippen LogP contribution in [-0.4, -0.2) is 16.9 Å². The number of carbonyl (C=O) groups is 1. The molecule has 4 N–H and O–H groups in total. The molecule has 0 spiro atoms. The van der Waals surface area contributed by atoms with Crippen LogP contribution in [0.4, 0.5) is 5.69 Å². The van der Waals surface area contributed by atoms with E-state index in [0.717, 1.165) is 23.7 Å². The molecule has 2 aromatic rings. The maximum Gasteiger partial charge on any atom is 0.254 e. The average molecular weight is 255 g/mol. The smallest absolute Gasteiger partial charge is 0.254 e. The third-order valence-corrected chi connectivity index (χ3v) is 3.03. The van der Waals surface area contributed by atoms with Gasteiger partial charge in [-0.1, -0.05) is 19.3 Å². The molecule has 0 saturated carbocycles. The summed E-state index contributed by atoms with van der Waals surface area (Å²) in [7, 11) is 0. The van der Waals surface area contributed by atoms with Crippen LogP contribution in [0.1, 0.15) is 30.1 Å². The molecular formula is C15H17N3O. The van der Waals surface area contributed by atoms with Gasteiger partial charge in [0.2, 0.25) is 0 Å². The second-order valence-corrected chi connectivity index (χ2v) is 4.49. The number of anilines is 1. The average Bonchev–Trinajstić information content (AvgIpc) is 2.81. The maximum absolute atomic E-state index is 12.2. The fourth-order valence-electron chi connectivity index (χ4n) is 2.05. The lowest BCUT2D eigenvalue weighted by Gasteiger charge is -2.11. The van der Waals surface area contributed by atoms with Gasteiger partial charge in [-0.2, -0.15) is 0 Å². The number of hydrogen-bond acceptors (Lipinski definition) is 2. The molecule has 1 atom stereocenters. The number of fused-ring (bicyclic) bond motifs is 1. The number of nitrogens with one attached hydrogen (secondary N) is 2. The first kappa shape index (κ1) is 13.0. The van der Waals surface area contributed by atoms with E-state index in [1.54, 1.807) is 18.3 Å². The van der Waals surface area contributed by atoms with E-state index in [1.165, 1.54) is 0 Å². The van der Waals surface area contributed by atoms with Gasteiger partial charge in [-0.25, -0.2) is 0 Å². The van der Waals surface area contributed by atoms with Crippen molar-refractivity contribution in [1.82, 2.24) is 10.3 Å². The van der Waals surface area contributed by atoms with Crippen LogP contribution < -0.4 is 11.1 Å². The topological polar surface area (TPSA) is 70.9 Å². The zero-order chi connectivity index (χ0) is 13.8. The Kier molecular flexibility index (Phi) is 3.76. The van der Waals surface area contributed by atoms with Crippen molar-refractivity contribution >= 4 is 22.5 Å². The predicted molar refractivity (Wildman–Crippen MR) is 77.7 cm³/mol. The minimum absolute atomic E-state index is 0.173. The number of H-pyrrole nitrogens is 1. The van der Waals surface area contributed by atoms with E-state index in [4.69, 9.17) is 12.2 Å². The van der Waals surface area contributed by atoms with Gasteiger partial charge in [0, 0.05) is 22.8 Å². The highest BCUT2D eigenvalue weighted by Gasteiger charge is 2.15. The summed E-state index contributed by atoms with van der Waals surface area (Å²) in [6.45, 7) is 2.03. The van der Waals surface area contributed by atoms with Crippen molar-refractivity contribution in [2.45, 2.75) is 25.8 Å². The SMILES string of the molecule is C#CC(CCC)NC(=O)c1c[nH]c2ccc(N)cc12. The van der Waals surface area contributed by atoms with Gasteiger partial charge in [0.05, 0.1) is 11.6 Å². The van der Waals surface area contributed by atoms with Gasteiger partial charge < -0.3 is 16.0 Å². The van der Waals surface area contributed by atoms with Crippen LogP contribution in [0.5, 0.6) is 0 Å². The Balaban J connectivity index is 2.27. The first-order chi connectivity index (χ1) is 9.15. The molecular weight excluding hydrogens is 238 g/mol. The van der Waals surface area contributed by atoms with E-state index >= 15 is 0 Å². The minimum Gasteiger partial charge on any atom is -0.399 e. The van der Waals surface area contributed by atoms with Crippen LogP contribution in [-0.2, 0) is 0 Å². The number of rotatable bonds is 4. The summed E-state index contributed by atoms with van der Waals surface area (Å²) in [5.74, 6) is 2.42. The summed E-state index contributed by atoms with van der Waals surface area (Å²) in [4.78, 5) is 15.3. The zero-order valence-corrected chi connectivity index (χ0v) is 10.9. The number of amides is 1. The molecule has 19 heavy (non-hydrogen) atoms. The summed E-state index contributed by atoms with van der Waals surface area (Å²) in [6.07, 6.45) is 8.78. The van der Waals surface area contributed by atoms with Gasteiger partial charge in [0.15, 0.2) is 0 Å². The predicted octanol–water partition coefficient (Wildman–Crippen LogP) is 2.28. The van der Waals surface area contributed by atoms with Gasteiger partial charge in [-0.05, 0) is 24.6 Å². The van der Waals surface area contributed by atoms with Gasteiger partial charge in [-0.15, -0.1) is 6.42 Å². The van der Waals surface area contributed by atoms with Crippen molar-refractivity contribution in [3.8, 4) is 12.3 Å². The number of carbonyl (C=O) groups excluding carboxylic acids is 1. The molecule has 1 aromatic heterocycles. The van der Waals surface area contributed by atoms with E-state index in [1.807, 2.05) is 13.0 Å². The summed E-state index contributed by atoms with van der Waals surface area (Å²) in [5, 5.41) is 3.66. The lowest BCUT2D eigenvalue weighted by atomic mass is 10.1. The van der Waals surface area contributed by atoms with E-state index in [9.17, 15) is 4.79 Å². The number of aromatic amines is 1. The Hall–Kier alpha value is -2.41. The Bertz CT molecular complexity index is 636. The van der Waals surface area contributed by atoms with E-state index in [2.05, 4.69) is 16.2 Å². The highest BCUT2D eigenvalue weighted by molar-refractivity contribution is 6.07. The monoisotopic (exact) mass is 255 g/mol. The molecule has 0 bridgehead atoms. The summed E-state index contributed by atoms with van der Waals surface area (Å²) >= 11 is 0. The Labute approximate surface area is 112 Å². The van der Waals surface area contributed by atoms with Gasteiger partial charge in [0.1, 0.15) is 0 Å². The fourth-order valence-corrected chi connectivity index (χ4v) is 2.05. The number of nitrogens with two attached hydrogens (primary N) is 1. The molecule has 1 aromatic carbocycles. The van der Waals surface area contributed by atoms with Crippen LogP contribution in [0.2, 0.25) is 0 Å². The highest BCUT2D eigenvalue weighted by Crippen LogP contribution is 2.21. The normalized spacial score (nSPS) is 12.0. The van der Waals surface area contributed by atoms with Crippen molar-refractivity contribution in [2.24, 2.45) is 0 Å². The molecule has 98 valence electrons. The number of terminal acetylenes is 1. The van der Waals surface area contributed by atoms with Gasteiger partial charge in [0.25, 0.3) is 5.91 Å². The Morgan fingerprint density at radius 1 is 1.58 bits per heavy atom. The first-order valence-electron chi connectivity index (χ1n) is 6.29. The number of aromatic nitrogens is 1. The highest BCUT2D eigenvalue weighted by atomic mass is 16.1. The molecule has 0 fully saturated rings. The van der Waals surface area contributed by atoms with Gasteiger partial charge in [-0.3, -0.25) is 4.79 Å². The van der Waals surface area contributed by atoms with Crippen molar-refractivity contribution in [3.63, 3.8) is 0 Å². The maximum atomic E-state index is 12.2. The Morgan fingerprint density at radius 2 is 2.37 bits per heavy atom. The molecule has 0 aliphatic carbocycles. The minimum atomic E-state index is -0.233. The van der Waals surface area contributed by atoms with Crippen LogP contribution in [0.25, 0.3) is 10.9 Å². The third kappa shape index (κ3) is 2.71. The van der Waals surface area contributed by atoms with E-state index < -0.39 is 0 Å². The van der Waals surface area contributed by atoms with Crippen molar-refractivity contribution < 1.29 is 4.79 Å². The molecule has 0 aliphatic rings. The number of benzene rings is 1. The second-order valence-electron chi connectivity index (χ2n) is 4.49. The van der Waals surface area contributed by atoms with Crippen LogP contribution in [0, 0.1) is 12.3 Å². The summed E-state index contributed by atoms with van der Waals surface area (Å²) in [5.41, 5.74) is 7.83. The molecule has 4 heteroatoms. The molecule has 1 unspecified atom stereocenters. The lowest BCUT2D eigenvalue weighted by Crippen LogP contribution is -2.33.